The van der Waals surface area contributed by atoms with Crippen LogP contribution in [-0.2, 0) is 17.9 Å². The number of hydrogen-bond donors (Lipinski definition) is 2. The molecule has 0 radical (unpaired) electrons. The molecule has 30 heavy (non-hydrogen) atoms. The molecule has 3 N–H and O–H groups in total. The second kappa shape index (κ2) is 11.2. The zero-order chi connectivity index (χ0) is 20.8. The Bertz CT molecular complexity index is 900. The first-order valence-corrected chi connectivity index (χ1v) is 9.78. The fourth-order valence-corrected chi connectivity index (χ4v) is 3.17. The number of furan rings is 1. The summed E-state index contributed by atoms with van der Waals surface area (Å²) in [6.45, 7) is 4.93. The van der Waals surface area contributed by atoms with Gasteiger partial charge in [0.25, 0.3) is 5.91 Å². The van der Waals surface area contributed by atoms with E-state index in [2.05, 4.69) is 10.3 Å². The van der Waals surface area contributed by atoms with E-state index in [0.717, 1.165) is 5.56 Å². The summed E-state index contributed by atoms with van der Waals surface area (Å²) in [4.78, 5) is 32.1. The van der Waals surface area contributed by atoms with E-state index in [0.29, 0.717) is 42.9 Å². The molecule has 3 rings (SSSR count). The second-order valence-corrected chi connectivity index (χ2v) is 7.10. The lowest BCUT2D eigenvalue weighted by molar-refractivity contribution is -0.135. The molecule has 0 spiro atoms. The maximum atomic E-state index is 12.6. The first-order chi connectivity index (χ1) is 14.0. The van der Waals surface area contributed by atoms with Crippen LogP contribution in [0.25, 0.3) is 0 Å². The van der Waals surface area contributed by atoms with E-state index in [1.165, 1.54) is 6.07 Å². The number of primary amides is 1. The van der Waals surface area contributed by atoms with E-state index >= 15 is 0 Å². The Kier molecular flexibility index (Phi) is 8.97. The minimum atomic E-state index is -0.616. The van der Waals surface area contributed by atoms with Crippen LogP contribution in [0.4, 0.5) is 0 Å². The molecule has 2 aromatic rings. The number of piperazine rings is 1. The Morgan fingerprint density at radius 2 is 1.97 bits per heavy atom. The molecule has 0 bridgehead atoms. The number of carbonyl (C=O) groups is 2. The molecule has 8 nitrogen and oxygen atoms in total. The highest BCUT2D eigenvalue weighted by Crippen LogP contribution is 2.14. The number of hydrogen-bond acceptors (Lipinski definition) is 4. The van der Waals surface area contributed by atoms with Crippen molar-refractivity contribution in [3.63, 3.8) is 0 Å². The molecule has 1 aromatic carbocycles. The number of amides is 2. The molecule has 1 aliphatic rings. The molecule has 2 amide bonds. The highest BCUT2D eigenvalue weighted by molar-refractivity contribution is 14.0. The third-order valence-corrected chi connectivity index (χ3v) is 4.78. The summed E-state index contributed by atoms with van der Waals surface area (Å²) in [6, 6.07) is 10.7. The van der Waals surface area contributed by atoms with E-state index in [9.17, 15) is 9.59 Å². The highest BCUT2D eigenvalue weighted by atomic mass is 127. The number of benzene rings is 1. The van der Waals surface area contributed by atoms with Crippen LogP contribution in [0.2, 0.25) is 5.02 Å². The average molecular weight is 546 g/mol. The number of guanidine groups is 1. The van der Waals surface area contributed by atoms with Crippen LogP contribution in [-0.4, -0.2) is 53.8 Å². The smallest absolute Gasteiger partial charge is 0.284 e. The zero-order valence-corrected chi connectivity index (χ0v) is 19.7. The summed E-state index contributed by atoms with van der Waals surface area (Å²) >= 11 is 5.92. The minimum Gasteiger partial charge on any atom is -0.454 e. The zero-order valence-electron chi connectivity index (χ0n) is 16.6. The summed E-state index contributed by atoms with van der Waals surface area (Å²) in [5.74, 6) is 0.678. The Hall–Kier alpha value is -2.27. The summed E-state index contributed by atoms with van der Waals surface area (Å²) < 4.78 is 5.36. The third kappa shape index (κ3) is 6.36. The minimum absolute atomic E-state index is 0. The maximum Gasteiger partial charge on any atom is 0.284 e. The average Bonchev–Trinajstić information content (AvgIpc) is 3.18. The van der Waals surface area contributed by atoms with Crippen molar-refractivity contribution < 1.29 is 14.0 Å². The van der Waals surface area contributed by atoms with Crippen LogP contribution in [0, 0.1) is 0 Å². The SMILES string of the molecule is CCNC(=NCc1ccc(C(N)=O)o1)N1CCN(Cc2ccc(Cl)cc2)C(=O)C1.I. The fraction of sp³-hybridized carbons (Fsp3) is 0.350. The predicted octanol–water partition coefficient (Wildman–Crippen LogP) is 2.46. The fourth-order valence-electron chi connectivity index (χ4n) is 3.04. The van der Waals surface area contributed by atoms with Crippen molar-refractivity contribution in [3.05, 3.63) is 58.5 Å². The van der Waals surface area contributed by atoms with Gasteiger partial charge in [-0.2, -0.15) is 0 Å². The van der Waals surface area contributed by atoms with Crippen molar-refractivity contribution in [1.82, 2.24) is 15.1 Å². The Morgan fingerprint density at radius 3 is 2.57 bits per heavy atom. The third-order valence-electron chi connectivity index (χ3n) is 4.53. The summed E-state index contributed by atoms with van der Waals surface area (Å²) in [5, 5.41) is 3.88. The number of nitrogens with zero attached hydrogens (tertiary/aromatic N) is 3. The van der Waals surface area contributed by atoms with Crippen molar-refractivity contribution in [1.29, 1.82) is 0 Å². The predicted molar refractivity (Wildman–Crippen MR) is 126 cm³/mol. The summed E-state index contributed by atoms with van der Waals surface area (Å²) in [5.41, 5.74) is 6.24. The van der Waals surface area contributed by atoms with Crippen LogP contribution in [0.1, 0.15) is 28.8 Å². The molecule has 0 saturated carbocycles. The van der Waals surface area contributed by atoms with Gasteiger partial charge < -0.3 is 25.3 Å². The van der Waals surface area contributed by atoms with Crippen molar-refractivity contribution in [2.24, 2.45) is 10.7 Å². The van der Waals surface area contributed by atoms with Crippen LogP contribution < -0.4 is 11.1 Å². The van der Waals surface area contributed by atoms with Crippen LogP contribution >= 0.6 is 35.6 Å². The Morgan fingerprint density at radius 1 is 1.23 bits per heavy atom. The quantitative estimate of drug-likeness (QED) is 0.330. The molecule has 162 valence electrons. The topological polar surface area (TPSA) is 104 Å². The molecule has 2 heterocycles. The van der Waals surface area contributed by atoms with Gasteiger partial charge in [0.15, 0.2) is 11.7 Å². The standard InChI is InChI=1S/C20H24ClN5O3.HI/c1-2-23-20(24-11-16-7-8-17(29-16)19(22)28)26-10-9-25(18(27)13-26)12-14-3-5-15(21)6-4-14;/h3-8H,2,9-13H2,1H3,(H2,22,28)(H,23,24);1H. The first-order valence-electron chi connectivity index (χ1n) is 9.40. The molecule has 1 aliphatic heterocycles. The van der Waals surface area contributed by atoms with Crippen LogP contribution in [0.5, 0.6) is 0 Å². The van der Waals surface area contributed by atoms with E-state index in [1.54, 1.807) is 6.07 Å². The van der Waals surface area contributed by atoms with Gasteiger partial charge >= 0.3 is 0 Å². The lowest BCUT2D eigenvalue weighted by Crippen LogP contribution is -2.54. The molecule has 1 fully saturated rings. The molecule has 10 heteroatoms. The number of halogens is 2. The number of aliphatic imine (C=N–C) groups is 1. The van der Waals surface area contributed by atoms with Crippen molar-refractivity contribution >= 4 is 53.4 Å². The van der Waals surface area contributed by atoms with Gasteiger partial charge in [-0.15, -0.1) is 24.0 Å². The molecular weight excluding hydrogens is 521 g/mol. The van der Waals surface area contributed by atoms with Crippen LogP contribution in [0.3, 0.4) is 0 Å². The van der Waals surface area contributed by atoms with Crippen molar-refractivity contribution in [3.8, 4) is 0 Å². The molecule has 0 aliphatic carbocycles. The number of nitrogens with one attached hydrogen (secondary N) is 1. The number of rotatable bonds is 6. The second-order valence-electron chi connectivity index (χ2n) is 6.66. The number of nitrogens with two attached hydrogens (primary N) is 1. The van der Waals surface area contributed by atoms with Crippen LogP contribution in [0.15, 0.2) is 45.8 Å². The van der Waals surface area contributed by atoms with E-state index in [4.69, 9.17) is 21.8 Å². The van der Waals surface area contributed by atoms with Gasteiger partial charge in [0, 0.05) is 31.2 Å². The lowest BCUT2D eigenvalue weighted by Gasteiger charge is -2.36. The van der Waals surface area contributed by atoms with Gasteiger partial charge in [-0.25, -0.2) is 4.99 Å². The normalized spacial score (nSPS) is 14.5. The molecule has 0 atom stereocenters. The van der Waals surface area contributed by atoms with Crippen molar-refractivity contribution in [2.45, 2.75) is 20.0 Å². The Labute approximate surface area is 197 Å². The Balaban J connectivity index is 0.00000320. The summed E-state index contributed by atoms with van der Waals surface area (Å²) in [7, 11) is 0. The maximum absolute atomic E-state index is 12.6. The molecule has 1 saturated heterocycles. The van der Waals surface area contributed by atoms with E-state index < -0.39 is 5.91 Å². The summed E-state index contributed by atoms with van der Waals surface area (Å²) in [6.07, 6.45) is 0. The highest BCUT2D eigenvalue weighted by Gasteiger charge is 2.26. The molecule has 0 unspecified atom stereocenters. The number of carbonyl (C=O) groups excluding carboxylic acids is 2. The van der Waals surface area contributed by atoms with E-state index in [-0.39, 0.29) is 48.7 Å². The van der Waals surface area contributed by atoms with Gasteiger partial charge in [-0.1, -0.05) is 23.7 Å². The van der Waals surface area contributed by atoms with Gasteiger partial charge in [-0.3, -0.25) is 9.59 Å². The molecule has 1 aromatic heterocycles. The monoisotopic (exact) mass is 545 g/mol. The lowest BCUT2D eigenvalue weighted by atomic mass is 10.2. The van der Waals surface area contributed by atoms with Crippen molar-refractivity contribution in [2.75, 3.05) is 26.2 Å². The van der Waals surface area contributed by atoms with E-state index in [1.807, 2.05) is 41.0 Å². The van der Waals surface area contributed by atoms with Gasteiger partial charge in [0.1, 0.15) is 12.3 Å². The molecular formula is C20H25ClIN5O3. The largest absolute Gasteiger partial charge is 0.454 e. The van der Waals surface area contributed by atoms with Gasteiger partial charge in [0.05, 0.1) is 6.54 Å². The first kappa shape index (κ1) is 24.0. The van der Waals surface area contributed by atoms with Gasteiger partial charge in [0.2, 0.25) is 5.91 Å². The van der Waals surface area contributed by atoms with Gasteiger partial charge in [-0.05, 0) is 36.8 Å².